The molecule has 68 valence electrons. The Morgan fingerprint density at radius 3 is 2.42 bits per heavy atom. The van der Waals surface area contributed by atoms with Gasteiger partial charge in [-0.15, -0.1) is 0 Å². The first-order chi connectivity index (χ1) is 5.61. The quantitative estimate of drug-likeness (QED) is 0.349. The van der Waals surface area contributed by atoms with Crippen LogP contribution in [0.5, 0.6) is 0 Å². The summed E-state index contributed by atoms with van der Waals surface area (Å²) < 4.78 is 9.25. The number of carbonyl (C=O) groups is 1. The van der Waals surface area contributed by atoms with Gasteiger partial charge < -0.3 is 24.8 Å². The van der Waals surface area contributed by atoms with Gasteiger partial charge in [-0.1, -0.05) is 0 Å². The minimum absolute atomic E-state index is 0.823. The molecule has 6 heteroatoms. The molecule has 6 nitrogen and oxygen atoms in total. The van der Waals surface area contributed by atoms with Crippen LogP contribution in [-0.2, 0) is 14.3 Å². The fraction of sp³-hybridized carbons (Fsp3) is 0.833. The van der Waals surface area contributed by atoms with Gasteiger partial charge in [0, 0.05) is 0 Å². The van der Waals surface area contributed by atoms with Gasteiger partial charge in [0.2, 0.25) is 0 Å². The molecule has 0 aromatic carbocycles. The maximum atomic E-state index is 10.7. The summed E-state index contributed by atoms with van der Waals surface area (Å²) in [6, 6.07) is 0. The zero-order valence-corrected chi connectivity index (χ0v) is 5.95. The van der Waals surface area contributed by atoms with Crippen molar-refractivity contribution in [2.75, 3.05) is 0 Å². The largest absolute Gasteiger partial charge is 0.454 e. The van der Waals surface area contributed by atoms with Crippen molar-refractivity contribution < 1.29 is 29.6 Å². The lowest BCUT2D eigenvalue weighted by Crippen LogP contribution is -2.32. The maximum Gasteiger partial charge on any atom is 0.338 e. The van der Waals surface area contributed by atoms with Gasteiger partial charge in [-0.05, 0) is 0 Å². The lowest BCUT2D eigenvalue weighted by Gasteiger charge is -2.10. The molecule has 2 aliphatic rings. The molecule has 0 spiro atoms. The maximum absolute atomic E-state index is 10.7. The average molecular weight is 176 g/mol. The number of aliphatic hydroxyl groups is 3. The van der Waals surface area contributed by atoms with Crippen LogP contribution in [0.2, 0.25) is 0 Å². The lowest BCUT2D eigenvalue weighted by atomic mass is 10.1. The Morgan fingerprint density at radius 1 is 1.17 bits per heavy atom. The van der Waals surface area contributed by atoms with E-state index in [9.17, 15) is 4.79 Å². The van der Waals surface area contributed by atoms with Gasteiger partial charge in [0.25, 0.3) is 0 Å². The second-order valence-electron chi connectivity index (χ2n) is 2.83. The number of carbonyl (C=O) groups excluding carboxylic acids is 1. The van der Waals surface area contributed by atoms with Crippen molar-refractivity contribution in [2.24, 2.45) is 0 Å². The molecule has 2 fully saturated rings. The van der Waals surface area contributed by atoms with E-state index in [0.29, 0.717) is 0 Å². The topological polar surface area (TPSA) is 96.2 Å². The van der Waals surface area contributed by atoms with Crippen molar-refractivity contribution >= 4 is 5.97 Å². The zero-order valence-electron chi connectivity index (χ0n) is 5.95. The number of aliphatic hydroxyl groups excluding tert-OH is 3. The van der Waals surface area contributed by atoms with Crippen molar-refractivity contribution in [1.29, 1.82) is 0 Å². The normalized spacial score (nSPS) is 52.2. The molecular weight excluding hydrogens is 168 g/mol. The van der Waals surface area contributed by atoms with Gasteiger partial charge in [-0.3, -0.25) is 0 Å². The number of ether oxygens (including phenoxy) is 2. The molecule has 0 bridgehead atoms. The van der Waals surface area contributed by atoms with Crippen molar-refractivity contribution in [2.45, 2.75) is 30.7 Å². The summed E-state index contributed by atoms with van der Waals surface area (Å²) in [5.41, 5.74) is 0. The zero-order chi connectivity index (χ0) is 8.88. The van der Waals surface area contributed by atoms with Gasteiger partial charge >= 0.3 is 5.97 Å². The van der Waals surface area contributed by atoms with Crippen molar-refractivity contribution in [1.82, 2.24) is 0 Å². The molecule has 2 saturated heterocycles. The summed E-state index contributed by atoms with van der Waals surface area (Å²) in [5, 5.41) is 27.2. The van der Waals surface area contributed by atoms with E-state index < -0.39 is 36.7 Å². The SMILES string of the molecule is O=C1OC2C(O[C@@H](O)[C@@H]2O)C1O. The van der Waals surface area contributed by atoms with E-state index in [-0.39, 0.29) is 0 Å². The van der Waals surface area contributed by atoms with E-state index in [4.69, 9.17) is 15.3 Å². The highest BCUT2D eigenvalue weighted by Gasteiger charge is 2.56. The lowest BCUT2D eigenvalue weighted by molar-refractivity contribution is -0.168. The van der Waals surface area contributed by atoms with E-state index in [0.717, 1.165) is 0 Å². The van der Waals surface area contributed by atoms with E-state index in [2.05, 4.69) is 9.47 Å². The highest BCUT2D eigenvalue weighted by atomic mass is 16.7. The van der Waals surface area contributed by atoms with E-state index in [1.165, 1.54) is 0 Å². The highest BCUT2D eigenvalue weighted by Crippen LogP contribution is 2.30. The fourth-order valence-corrected chi connectivity index (χ4v) is 1.40. The summed E-state index contributed by atoms with van der Waals surface area (Å²) in [4.78, 5) is 10.7. The van der Waals surface area contributed by atoms with Crippen LogP contribution in [0.15, 0.2) is 0 Å². The Balaban J connectivity index is 2.19. The monoisotopic (exact) mass is 176 g/mol. The minimum atomic E-state index is -1.40. The number of fused-ring (bicyclic) bond motifs is 1. The molecule has 3 unspecified atom stereocenters. The third kappa shape index (κ3) is 0.862. The van der Waals surface area contributed by atoms with E-state index >= 15 is 0 Å². The average Bonchev–Trinajstić information content (AvgIpc) is 2.43. The molecule has 2 heterocycles. The molecular formula is C6H8O6. The molecule has 0 radical (unpaired) electrons. The minimum Gasteiger partial charge on any atom is -0.454 e. The summed E-state index contributed by atoms with van der Waals surface area (Å²) in [7, 11) is 0. The number of hydrogen-bond acceptors (Lipinski definition) is 6. The van der Waals surface area contributed by atoms with Crippen LogP contribution in [0.3, 0.4) is 0 Å². The molecule has 5 atom stereocenters. The van der Waals surface area contributed by atoms with Crippen LogP contribution in [0.4, 0.5) is 0 Å². The fourth-order valence-electron chi connectivity index (χ4n) is 1.40. The van der Waals surface area contributed by atoms with Crippen molar-refractivity contribution in [3.63, 3.8) is 0 Å². The van der Waals surface area contributed by atoms with Crippen LogP contribution < -0.4 is 0 Å². The number of esters is 1. The molecule has 0 aliphatic carbocycles. The molecule has 2 aliphatic heterocycles. The van der Waals surface area contributed by atoms with Crippen LogP contribution >= 0.6 is 0 Å². The standard InChI is InChI=1S/C6H8O6/c7-1-3-4(12-5(1)9)2(8)6(10)11-3/h1-5,7-9H/t1-,2?,3?,4?,5-/m1/s1. The second kappa shape index (κ2) is 2.40. The van der Waals surface area contributed by atoms with Gasteiger partial charge in [0.05, 0.1) is 0 Å². The first-order valence-corrected chi connectivity index (χ1v) is 3.51. The van der Waals surface area contributed by atoms with E-state index in [1.54, 1.807) is 0 Å². The Morgan fingerprint density at radius 2 is 1.83 bits per heavy atom. The third-order valence-electron chi connectivity index (χ3n) is 2.05. The third-order valence-corrected chi connectivity index (χ3v) is 2.05. The van der Waals surface area contributed by atoms with Crippen LogP contribution in [-0.4, -0.2) is 52.0 Å². The Hall–Kier alpha value is -0.690. The highest BCUT2D eigenvalue weighted by molar-refractivity contribution is 5.78. The summed E-state index contributed by atoms with van der Waals surface area (Å²) in [5.74, 6) is -0.823. The van der Waals surface area contributed by atoms with E-state index in [1.807, 2.05) is 0 Å². The Labute approximate surface area is 67.3 Å². The molecule has 0 aromatic rings. The first-order valence-electron chi connectivity index (χ1n) is 3.51. The summed E-state index contributed by atoms with van der Waals surface area (Å²) >= 11 is 0. The number of hydrogen-bond donors (Lipinski definition) is 3. The molecule has 0 amide bonds. The second-order valence-corrected chi connectivity index (χ2v) is 2.83. The molecule has 12 heavy (non-hydrogen) atoms. The van der Waals surface area contributed by atoms with Gasteiger partial charge in [0.1, 0.15) is 12.2 Å². The van der Waals surface area contributed by atoms with Crippen LogP contribution in [0, 0.1) is 0 Å². The number of rotatable bonds is 0. The summed E-state index contributed by atoms with van der Waals surface area (Å²) in [6.45, 7) is 0. The van der Waals surface area contributed by atoms with Gasteiger partial charge in [-0.25, -0.2) is 4.79 Å². The Bertz CT molecular complexity index is 216. The van der Waals surface area contributed by atoms with Gasteiger partial charge in [0.15, 0.2) is 18.5 Å². The van der Waals surface area contributed by atoms with Crippen LogP contribution in [0.25, 0.3) is 0 Å². The van der Waals surface area contributed by atoms with Gasteiger partial charge in [-0.2, -0.15) is 0 Å². The Kier molecular flexibility index (Phi) is 1.58. The first kappa shape index (κ1) is 7.93. The smallest absolute Gasteiger partial charge is 0.338 e. The molecule has 0 aromatic heterocycles. The summed E-state index contributed by atoms with van der Waals surface area (Å²) in [6.07, 6.45) is -5.94. The van der Waals surface area contributed by atoms with Crippen molar-refractivity contribution in [3.05, 3.63) is 0 Å². The van der Waals surface area contributed by atoms with Crippen molar-refractivity contribution in [3.8, 4) is 0 Å². The molecule has 2 rings (SSSR count). The van der Waals surface area contributed by atoms with Crippen LogP contribution in [0.1, 0.15) is 0 Å². The predicted octanol–water partition coefficient (Wildman–Crippen LogP) is -2.65. The molecule has 3 N–H and O–H groups in total. The molecule has 0 saturated carbocycles. The predicted molar refractivity (Wildman–Crippen MR) is 32.8 cm³/mol.